The number of carbonyl (C=O) groups is 3. The molecule has 0 bridgehead atoms. The highest BCUT2D eigenvalue weighted by Crippen LogP contribution is 2.37. The number of anilines is 1. The number of hydrogen-bond acceptors (Lipinski definition) is 8. The number of amides is 3. The molecule has 0 aliphatic heterocycles. The fraction of sp³-hybridized carbons (Fsp3) is 0.486. The van der Waals surface area contributed by atoms with E-state index in [0.717, 1.165) is 43.6 Å². The second-order valence-electron chi connectivity index (χ2n) is 13.1. The molecule has 282 valence electrons. The van der Waals surface area contributed by atoms with Crippen molar-refractivity contribution in [3.05, 3.63) is 77.0 Å². The van der Waals surface area contributed by atoms with Crippen LogP contribution in [0.15, 0.2) is 48.9 Å². The number of primary amides is 1. The molecule has 0 aromatic carbocycles. The van der Waals surface area contributed by atoms with E-state index in [1.165, 1.54) is 49.2 Å². The molecule has 2 saturated carbocycles. The zero-order valence-electron chi connectivity index (χ0n) is 28.9. The standard InChI is InChI=1S/C22H24F3N5O4.C13H17F3N2/c1-12(13-3-4-13)10-30(11-15-6-5-14(8-27-15)22(23,24)25)21(33)19(32)29-16-7-17(18(26)31)20(34-2)28-9-16;1-9(10-2-3-10)6-17-8-12-5-4-11(7-18-12)13(14,15)16/h5-9,12-13H,3-4,10-11H2,1-2H3,(H2,26,31)(H,29,32);4-5,7,9-10,17H,2-3,6,8H2,1H3. The van der Waals surface area contributed by atoms with Crippen molar-refractivity contribution in [3.63, 3.8) is 0 Å². The van der Waals surface area contributed by atoms with Crippen molar-refractivity contribution in [2.45, 2.75) is 65.0 Å². The molecule has 0 spiro atoms. The molecule has 2 unspecified atom stereocenters. The van der Waals surface area contributed by atoms with E-state index in [-0.39, 0.29) is 41.8 Å². The summed E-state index contributed by atoms with van der Waals surface area (Å²) < 4.78 is 80.3. The van der Waals surface area contributed by atoms with E-state index in [0.29, 0.717) is 30.3 Å². The van der Waals surface area contributed by atoms with Crippen LogP contribution in [0.2, 0.25) is 0 Å². The third-order valence-electron chi connectivity index (χ3n) is 8.84. The first-order valence-electron chi connectivity index (χ1n) is 16.6. The number of rotatable bonds is 13. The van der Waals surface area contributed by atoms with Crippen molar-refractivity contribution in [2.75, 3.05) is 25.5 Å². The molecule has 0 saturated heterocycles. The first-order chi connectivity index (χ1) is 24.5. The van der Waals surface area contributed by atoms with Gasteiger partial charge in [0.05, 0.1) is 48.1 Å². The van der Waals surface area contributed by atoms with Crippen LogP contribution < -0.4 is 21.1 Å². The van der Waals surface area contributed by atoms with Gasteiger partial charge < -0.3 is 26.0 Å². The number of methoxy groups -OCH3 is 1. The molecular weight excluding hydrogens is 696 g/mol. The molecule has 17 heteroatoms. The first kappa shape index (κ1) is 40.0. The van der Waals surface area contributed by atoms with Crippen LogP contribution in [0.4, 0.5) is 32.0 Å². The molecule has 0 radical (unpaired) electrons. The molecule has 2 aliphatic carbocycles. The Labute approximate surface area is 296 Å². The summed E-state index contributed by atoms with van der Waals surface area (Å²) >= 11 is 0. The van der Waals surface area contributed by atoms with Gasteiger partial charge in [-0.3, -0.25) is 24.4 Å². The third-order valence-corrected chi connectivity index (χ3v) is 8.84. The van der Waals surface area contributed by atoms with Crippen LogP contribution in [0.1, 0.15) is 72.4 Å². The quantitative estimate of drug-likeness (QED) is 0.146. The monoisotopic (exact) mass is 737 g/mol. The van der Waals surface area contributed by atoms with Crippen LogP contribution >= 0.6 is 0 Å². The SMILES string of the molecule is CC(CNCc1ccc(C(F)(F)F)cn1)C1CC1.COc1ncc(NC(=O)C(=O)N(Cc2ccc(C(F)(F)F)cn2)CC(C)C2CC2)cc1C(N)=O. The Hall–Kier alpha value is -4.80. The molecule has 3 amide bonds. The summed E-state index contributed by atoms with van der Waals surface area (Å²) in [5, 5.41) is 5.61. The van der Waals surface area contributed by atoms with Crippen LogP contribution in [0.5, 0.6) is 5.88 Å². The first-order valence-corrected chi connectivity index (χ1v) is 16.6. The minimum absolute atomic E-state index is 0.0370. The Kier molecular flexibility index (Phi) is 13.2. The van der Waals surface area contributed by atoms with Crippen LogP contribution in [0, 0.1) is 23.7 Å². The Bertz CT molecular complexity index is 1680. The molecule has 3 aromatic rings. The molecule has 52 heavy (non-hydrogen) atoms. The number of hydrogen-bond donors (Lipinski definition) is 3. The zero-order chi connectivity index (χ0) is 38.2. The summed E-state index contributed by atoms with van der Waals surface area (Å²) in [6.45, 7) is 5.65. The van der Waals surface area contributed by atoms with Gasteiger partial charge in [0.1, 0.15) is 5.56 Å². The fourth-order valence-electron chi connectivity index (χ4n) is 5.41. The van der Waals surface area contributed by atoms with Gasteiger partial charge in [0.25, 0.3) is 5.91 Å². The van der Waals surface area contributed by atoms with Crippen LogP contribution in [-0.2, 0) is 35.0 Å². The number of nitrogens with zero attached hydrogens (tertiary/aromatic N) is 4. The second kappa shape index (κ2) is 17.1. The minimum Gasteiger partial charge on any atom is -0.480 e. The zero-order valence-corrected chi connectivity index (χ0v) is 28.9. The minimum atomic E-state index is -4.53. The van der Waals surface area contributed by atoms with Gasteiger partial charge in [0.15, 0.2) is 0 Å². The Morgan fingerprint density at radius 2 is 1.42 bits per heavy atom. The smallest absolute Gasteiger partial charge is 0.417 e. The number of pyridine rings is 3. The normalized spacial score (nSPS) is 15.5. The molecular formula is C35H41F6N7O4. The van der Waals surface area contributed by atoms with Crippen molar-refractivity contribution in [3.8, 4) is 5.88 Å². The van der Waals surface area contributed by atoms with Gasteiger partial charge in [-0.1, -0.05) is 13.8 Å². The average molecular weight is 738 g/mol. The van der Waals surface area contributed by atoms with Crippen LogP contribution in [-0.4, -0.2) is 57.8 Å². The van der Waals surface area contributed by atoms with E-state index in [1.54, 1.807) is 0 Å². The van der Waals surface area contributed by atoms with E-state index in [1.807, 2.05) is 6.92 Å². The number of ether oxygens (including phenoxy) is 1. The van der Waals surface area contributed by atoms with E-state index in [2.05, 4.69) is 32.5 Å². The van der Waals surface area contributed by atoms with Crippen LogP contribution in [0.25, 0.3) is 0 Å². The third kappa shape index (κ3) is 11.9. The number of nitrogens with two attached hydrogens (primary N) is 1. The second-order valence-corrected chi connectivity index (χ2v) is 13.1. The Morgan fingerprint density at radius 3 is 1.90 bits per heavy atom. The maximum atomic E-state index is 13.0. The molecule has 3 aromatic heterocycles. The van der Waals surface area contributed by atoms with Gasteiger partial charge in [-0.2, -0.15) is 26.3 Å². The maximum Gasteiger partial charge on any atom is 0.417 e. The highest BCUT2D eigenvalue weighted by Gasteiger charge is 2.34. The van der Waals surface area contributed by atoms with Gasteiger partial charge in [-0.25, -0.2) is 4.98 Å². The fourth-order valence-corrected chi connectivity index (χ4v) is 5.41. The topological polar surface area (TPSA) is 152 Å². The molecule has 5 rings (SSSR count). The van der Waals surface area contributed by atoms with Gasteiger partial charge in [-0.15, -0.1) is 0 Å². The number of nitrogens with one attached hydrogen (secondary N) is 2. The van der Waals surface area contributed by atoms with Gasteiger partial charge in [0, 0.05) is 25.5 Å². The summed E-state index contributed by atoms with van der Waals surface area (Å²) in [7, 11) is 1.30. The summed E-state index contributed by atoms with van der Waals surface area (Å²) in [6, 6.07) is 5.79. The summed E-state index contributed by atoms with van der Waals surface area (Å²) in [5.74, 6) is -0.788. The number of halogens is 6. The van der Waals surface area contributed by atoms with Crippen molar-refractivity contribution in [1.29, 1.82) is 0 Å². The van der Waals surface area contributed by atoms with Gasteiger partial charge in [-0.05, 0) is 86.2 Å². The molecule has 2 aliphatic rings. The van der Waals surface area contributed by atoms with E-state index >= 15 is 0 Å². The number of alkyl halides is 6. The van der Waals surface area contributed by atoms with Gasteiger partial charge >= 0.3 is 24.2 Å². The Balaban J connectivity index is 0.000000281. The van der Waals surface area contributed by atoms with Crippen molar-refractivity contribution >= 4 is 23.4 Å². The number of aromatic nitrogens is 3. The lowest BCUT2D eigenvalue weighted by molar-refractivity contribution is -0.144. The lowest BCUT2D eigenvalue weighted by Crippen LogP contribution is -2.42. The molecule has 2 atom stereocenters. The summed E-state index contributed by atoms with van der Waals surface area (Å²) in [5.41, 5.74) is 4.50. The highest BCUT2D eigenvalue weighted by molar-refractivity contribution is 6.39. The van der Waals surface area contributed by atoms with E-state index in [9.17, 15) is 40.7 Å². The van der Waals surface area contributed by atoms with Crippen molar-refractivity contribution in [1.82, 2.24) is 25.2 Å². The summed E-state index contributed by atoms with van der Waals surface area (Å²) in [6.07, 6.45) is -1.41. The molecule has 11 nitrogen and oxygen atoms in total. The van der Waals surface area contributed by atoms with Crippen molar-refractivity contribution in [2.24, 2.45) is 29.4 Å². The molecule has 4 N–H and O–H groups in total. The molecule has 2 fully saturated rings. The van der Waals surface area contributed by atoms with E-state index in [4.69, 9.17) is 10.5 Å². The number of carbonyl (C=O) groups excluding carboxylic acids is 3. The van der Waals surface area contributed by atoms with Crippen molar-refractivity contribution < 1.29 is 45.5 Å². The average Bonchev–Trinajstić information content (AvgIpc) is 4.01. The maximum absolute atomic E-state index is 13.0. The van der Waals surface area contributed by atoms with Crippen LogP contribution in [0.3, 0.4) is 0 Å². The van der Waals surface area contributed by atoms with Gasteiger partial charge in [0.2, 0.25) is 5.88 Å². The molecule has 3 heterocycles. The van der Waals surface area contributed by atoms with E-state index < -0.39 is 41.2 Å². The Morgan fingerprint density at radius 1 is 0.865 bits per heavy atom. The highest BCUT2D eigenvalue weighted by atomic mass is 19.4. The lowest BCUT2D eigenvalue weighted by atomic mass is 10.1. The lowest BCUT2D eigenvalue weighted by Gasteiger charge is -2.25. The predicted molar refractivity (Wildman–Crippen MR) is 177 cm³/mol. The largest absolute Gasteiger partial charge is 0.480 e. The summed E-state index contributed by atoms with van der Waals surface area (Å²) in [4.78, 5) is 50.0. The predicted octanol–water partition coefficient (Wildman–Crippen LogP) is 5.85.